The number of halogens is 6. The van der Waals surface area contributed by atoms with Gasteiger partial charge in [-0.1, -0.05) is 0 Å². The highest BCUT2D eigenvalue weighted by Gasteiger charge is 2.42. The third-order valence-corrected chi connectivity index (χ3v) is 3.81. The van der Waals surface area contributed by atoms with Crippen molar-refractivity contribution in [1.82, 2.24) is 0 Å². The summed E-state index contributed by atoms with van der Waals surface area (Å²) in [5, 5.41) is 10.7. The minimum atomic E-state index is -4.91. The topological polar surface area (TPSA) is 46.4 Å². The number of piperidine rings is 1. The predicted molar refractivity (Wildman–Crippen MR) is 69.1 cm³/mol. The van der Waals surface area contributed by atoms with Crippen molar-refractivity contribution < 1.29 is 31.3 Å². The molecule has 0 saturated carbocycles. The fourth-order valence-electron chi connectivity index (χ4n) is 2.57. The van der Waals surface area contributed by atoms with Crippen LogP contribution < -0.4 is 4.90 Å². The Hall–Kier alpha value is -2.00. The van der Waals surface area contributed by atoms with Gasteiger partial charge in [-0.25, -0.2) is 0 Å². The van der Waals surface area contributed by atoms with E-state index in [-0.39, 0.29) is 31.6 Å². The van der Waals surface area contributed by atoms with Gasteiger partial charge >= 0.3 is 12.4 Å². The van der Waals surface area contributed by atoms with Crippen LogP contribution in [0.1, 0.15) is 18.4 Å². The molecule has 0 aromatic heterocycles. The quantitative estimate of drug-likeness (QED) is 0.455. The predicted octanol–water partition coefficient (Wildman–Crippen LogP) is 4.39. The molecule has 1 fully saturated rings. The summed E-state index contributed by atoms with van der Waals surface area (Å²) >= 11 is 0. The van der Waals surface area contributed by atoms with Crippen LogP contribution in [0.3, 0.4) is 0 Å². The molecule has 1 aromatic carbocycles. The molecule has 2 rings (SSSR count). The Morgan fingerprint density at radius 2 is 1.65 bits per heavy atom. The van der Waals surface area contributed by atoms with Crippen molar-refractivity contribution in [2.45, 2.75) is 25.2 Å². The number of hydrogen-bond acceptors (Lipinski definition) is 3. The van der Waals surface area contributed by atoms with Gasteiger partial charge in [-0.15, -0.1) is 0 Å². The standard InChI is InChI=1S/C13H12F6N2O2/c14-12(15,16)8-3-5-20(6-4-8)9-1-2-11(21(22)23)10(7-9)13(17,18)19/h1-2,7-8H,3-6H2. The van der Waals surface area contributed by atoms with E-state index in [9.17, 15) is 36.5 Å². The van der Waals surface area contributed by atoms with Crippen molar-refractivity contribution in [1.29, 1.82) is 0 Å². The van der Waals surface area contributed by atoms with Gasteiger partial charge in [0.1, 0.15) is 5.56 Å². The largest absolute Gasteiger partial charge is 0.423 e. The van der Waals surface area contributed by atoms with Crippen LogP contribution in [0.4, 0.5) is 37.7 Å². The number of alkyl halides is 6. The molecule has 0 atom stereocenters. The van der Waals surface area contributed by atoms with Crippen molar-refractivity contribution in [3.05, 3.63) is 33.9 Å². The SMILES string of the molecule is O=[N+]([O-])c1ccc(N2CCC(C(F)(F)F)CC2)cc1C(F)(F)F. The van der Waals surface area contributed by atoms with Crippen LogP contribution in [-0.2, 0) is 6.18 Å². The van der Waals surface area contributed by atoms with E-state index in [1.807, 2.05) is 0 Å². The van der Waals surface area contributed by atoms with Crippen LogP contribution in [0.2, 0.25) is 0 Å². The molecule has 0 amide bonds. The third-order valence-electron chi connectivity index (χ3n) is 3.81. The molecule has 128 valence electrons. The average molecular weight is 342 g/mol. The molecule has 4 nitrogen and oxygen atoms in total. The fraction of sp³-hybridized carbons (Fsp3) is 0.538. The molecule has 0 N–H and O–H groups in total. The number of anilines is 1. The Balaban J connectivity index is 2.24. The van der Waals surface area contributed by atoms with Crippen LogP contribution in [0.25, 0.3) is 0 Å². The number of nitrogens with zero attached hydrogens (tertiary/aromatic N) is 2. The summed E-state index contributed by atoms with van der Waals surface area (Å²) in [5.41, 5.74) is -2.45. The first kappa shape index (κ1) is 17.4. The minimum absolute atomic E-state index is 0.0311. The molecule has 1 saturated heterocycles. The summed E-state index contributed by atoms with van der Waals surface area (Å²) in [6, 6.07) is 2.47. The van der Waals surface area contributed by atoms with Crippen LogP contribution in [0.5, 0.6) is 0 Å². The maximum Gasteiger partial charge on any atom is 0.423 e. The van der Waals surface area contributed by atoms with E-state index in [1.165, 1.54) is 4.90 Å². The number of benzene rings is 1. The summed E-state index contributed by atoms with van der Waals surface area (Å²) in [5.74, 6) is -1.47. The summed E-state index contributed by atoms with van der Waals surface area (Å²) in [6.45, 7) is -0.113. The smallest absolute Gasteiger partial charge is 0.371 e. The van der Waals surface area contributed by atoms with Crippen molar-refractivity contribution in [2.75, 3.05) is 18.0 Å². The molecule has 0 unspecified atom stereocenters. The van der Waals surface area contributed by atoms with E-state index >= 15 is 0 Å². The summed E-state index contributed by atoms with van der Waals surface area (Å²) in [4.78, 5) is 10.9. The van der Waals surface area contributed by atoms with Crippen LogP contribution in [0.15, 0.2) is 18.2 Å². The van der Waals surface area contributed by atoms with Crippen molar-refractivity contribution >= 4 is 11.4 Å². The van der Waals surface area contributed by atoms with Gasteiger partial charge in [0.25, 0.3) is 5.69 Å². The van der Waals surface area contributed by atoms with Gasteiger partial charge < -0.3 is 4.90 Å². The van der Waals surface area contributed by atoms with Gasteiger partial charge in [-0.05, 0) is 25.0 Å². The first-order chi connectivity index (χ1) is 10.5. The van der Waals surface area contributed by atoms with E-state index in [0.717, 1.165) is 12.1 Å². The van der Waals surface area contributed by atoms with Crippen LogP contribution in [-0.4, -0.2) is 24.2 Å². The first-order valence-electron chi connectivity index (χ1n) is 6.67. The average Bonchev–Trinajstić information content (AvgIpc) is 2.45. The monoisotopic (exact) mass is 342 g/mol. The Labute approximate surface area is 126 Å². The van der Waals surface area contributed by atoms with Crippen LogP contribution in [0, 0.1) is 16.0 Å². The fourth-order valence-corrected chi connectivity index (χ4v) is 2.57. The zero-order valence-electron chi connectivity index (χ0n) is 11.6. The number of nitro groups is 1. The molecule has 1 aromatic rings. The highest BCUT2D eigenvalue weighted by molar-refractivity contribution is 5.57. The molecule has 1 aliphatic heterocycles. The lowest BCUT2D eigenvalue weighted by molar-refractivity contribution is -0.388. The summed E-state index contributed by atoms with van der Waals surface area (Å²) < 4.78 is 76.5. The lowest BCUT2D eigenvalue weighted by atomic mass is 9.95. The van der Waals surface area contributed by atoms with Crippen LogP contribution >= 0.6 is 0 Å². The van der Waals surface area contributed by atoms with Crippen molar-refractivity contribution in [2.24, 2.45) is 5.92 Å². The number of rotatable bonds is 2. The Morgan fingerprint density at radius 1 is 1.09 bits per heavy atom. The molecular formula is C13H12F6N2O2. The van der Waals surface area contributed by atoms with Crippen molar-refractivity contribution in [3.63, 3.8) is 0 Å². The Morgan fingerprint density at radius 3 is 2.09 bits per heavy atom. The third kappa shape index (κ3) is 3.85. The van der Waals surface area contributed by atoms with E-state index in [4.69, 9.17) is 0 Å². The first-order valence-corrected chi connectivity index (χ1v) is 6.67. The second-order valence-electron chi connectivity index (χ2n) is 5.26. The highest BCUT2D eigenvalue weighted by Crippen LogP contribution is 2.40. The van der Waals surface area contributed by atoms with E-state index < -0.39 is 34.4 Å². The summed E-state index contributed by atoms with van der Waals surface area (Å²) in [7, 11) is 0. The van der Waals surface area contributed by atoms with Gasteiger partial charge in [0.2, 0.25) is 0 Å². The van der Waals surface area contributed by atoms with Gasteiger partial charge in [0.05, 0.1) is 10.8 Å². The maximum absolute atomic E-state index is 12.9. The molecule has 1 heterocycles. The minimum Gasteiger partial charge on any atom is -0.371 e. The zero-order chi connectivity index (χ0) is 17.4. The number of nitro benzene ring substituents is 1. The van der Waals surface area contributed by atoms with E-state index in [1.54, 1.807) is 0 Å². The second-order valence-corrected chi connectivity index (χ2v) is 5.26. The lowest BCUT2D eigenvalue weighted by Gasteiger charge is -2.34. The molecule has 0 radical (unpaired) electrons. The highest BCUT2D eigenvalue weighted by atomic mass is 19.4. The molecule has 0 bridgehead atoms. The van der Waals surface area contributed by atoms with Gasteiger partial charge in [-0.2, -0.15) is 26.3 Å². The molecule has 23 heavy (non-hydrogen) atoms. The molecule has 1 aliphatic rings. The van der Waals surface area contributed by atoms with Gasteiger partial charge in [0, 0.05) is 24.8 Å². The Bertz CT molecular complexity index is 591. The maximum atomic E-state index is 12.9. The van der Waals surface area contributed by atoms with E-state index in [0.29, 0.717) is 6.07 Å². The van der Waals surface area contributed by atoms with Gasteiger partial charge in [-0.3, -0.25) is 10.1 Å². The zero-order valence-corrected chi connectivity index (χ0v) is 11.6. The summed E-state index contributed by atoms with van der Waals surface area (Å²) in [6.07, 6.45) is -9.68. The second kappa shape index (κ2) is 5.89. The lowest BCUT2D eigenvalue weighted by Crippen LogP contribution is -2.39. The van der Waals surface area contributed by atoms with E-state index in [2.05, 4.69) is 0 Å². The molecule has 0 spiro atoms. The molecule has 10 heteroatoms. The number of hydrogen-bond donors (Lipinski definition) is 0. The van der Waals surface area contributed by atoms with Crippen molar-refractivity contribution in [3.8, 4) is 0 Å². The van der Waals surface area contributed by atoms with Gasteiger partial charge in [0.15, 0.2) is 0 Å². The molecule has 0 aliphatic carbocycles. The normalized spacial score (nSPS) is 17.4. The Kier molecular flexibility index (Phi) is 4.45. The molecular weight excluding hydrogens is 330 g/mol.